The number of halogens is 1. The Morgan fingerprint density at radius 1 is 1.18 bits per heavy atom. The van der Waals surface area contributed by atoms with Gasteiger partial charge < -0.3 is 15.2 Å². The molecule has 1 aromatic heterocycles. The molecule has 1 aliphatic heterocycles. The van der Waals surface area contributed by atoms with E-state index < -0.39 is 0 Å². The van der Waals surface area contributed by atoms with Gasteiger partial charge in [-0.05, 0) is 48.4 Å². The molecule has 0 saturated carbocycles. The van der Waals surface area contributed by atoms with Crippen molar-refractivity contribution in [2.24, 2.45) is 0 Å². The summed E-state index contributed by atoms with van der Waals surface area (Å²) in [5.74, 6) is -0.117. The van der Waals surface area contributed by atoms with E-state index in [4.69, 9.17) is 11.6 Å². The van der Waals surface area contributed by atoms with Crippen LogP contribution in [0.25, 0.3) is 17.0 Å². The SMILES string of the molecule is Cc1ccc(Cl)cc1NC1NC(=O)/C(=C/c2cn(Cc3ccccc3C#N)c3ccccc23)S1. The first-order valence-corrected chi connectivity index (χ1v) is 12.1. The molecule has 5 nitrogen and oxygen atoms in total. The number of aromatic nitrogens is 1. The number of aryl methyl sites for hydroxylation is 1. The van der Waals surface area contributed by atoms with Crippen LogP contribution >= 0.6 is 23.4 Å². The summed E-state index contributed by atoms with van der Waals surface area (Å²) in [5, 5.41) is 17.5. The van der Waals surface area contributed by atoms with E-state index >= 15 is 0 Å². The first-order chi connectivity index (χ1) is 16.5. The van der Waals surface area contributed by atoms with E-state index in [-0.39, 0.29) is 11.4 Å². The highest BCUT2D eigenvalue weighted by Crippen LogP contribution is 2.33. The normalized spacial score (nSPS) is 16.6. The Bertz CT molecular complexity index is 1480. The first kappa shape index (κ1) is 22.1. The molecular formula is C27H21ClN4OS. The Labute approximate surface area is 207 Å². The van der Waals surface area contributed by atoms with Crippen LogP contribution in [0.15, 0.2) is 77.8 Å². The molecule has 7 heteroatoms. The van der Waals surface area contributed by atoms with E-state index in [1.54, 1.807) is 0 Å². The van der Waals surface area contributed by atoms with Gasteiger partial charge >= 0.3 is 0 Å². The van der Waals surface area contributed by atoms with E-state index in [2.05, 4.69) is 33.4 Å². The number of nitrogens with one attached hydrogen (secondary N) is 2. The number of fused-ring (bicyclic) bond motifs is 1. The van der Waals surface area contributed by atoms with Crippen LogP contribution in [0.3, 0.4) is 0 Å². The molecule has 0 bridgehead atoms. The van der Waals surface area contributed by atoms with Gasteiger partial charge in [0.15, 0.2) is 5.50 Å². The van der Waals surface area contributed by atoms with Crippen LogP contribution in [0.4, 0.5) is 5.69 Å². The molecule has 1 unspecified atom stereocenters. The van der Waals surface area contributed by atoms with E-state index in [0.717, 1.165) is 33.3 Å². The van der Waals surface area contributed by atoms with Crippen LogP contribution in [-0.2, 0) is 11.3 Å². The molecule has 168 valence electrons. The molecule has 2 heterocycles. The summed E-state index contributed by atoms with van der Waals surface area (Å²) in [7, 11) is 0. The van der Waals surface area contributed by atoms with Gasteiger partial charge in [-0.3, -0.25) is 4.79 Å². The fourth-order valence-electron chi connectivity index (χ4n) is 4.07. The number of amides is 1. The number of nitrogens with zero attached hydrogens (tertiary/aromatic N) is 2. The summed E-state index contributed by atoms with van der Waals surface area (Å²) < 4.78 is 2.13. The quantitative estimate of drug-likeness (QED) is 0.335. The third kappa shape index (κ3) is 4.41. The lowest BCUT2D eigenvalue weighted by Crippen LogP contribution is -2.31. The number of rotatable bonds is 5. The summed E-state index contributed by atoms with van der Waals surface area (Å²) in [6, 6.07) is 23.6. The molecule has 1 fully saturated rings. The zero-order chi connectivity index (χ0) is 23.7. The third-order valence-corrected chi connectivity index (χ3v) is 7.07. The van der Waals surface area contributed by atoms with Crippen molar-refractivity contribution in [2.45, 2.75) is 19.0 Å². The molecule has 0 radical (unpaired) electrons. The summed E-state index contributed by atoms with van der Waals surface area (Å²) in [4.78, 5) is 13.4. The predicted molar refractivity (Wildman–Crippen MR) is 140 cm³/mol. The Morgan fingerprint density at radius 2 is 1.97 bits per heavy atom. The highest BCUT2D eigenvalue weighted by molar-refractivity contribution is 8.05. The molecule has 3 aromatic carbocycles. The Morgan fingerprint density at radius 3 is 2.82 bits per heavy atom. The molecule has 0 spiro atoms. The second-order valence-corrected chi connectivity index (χ2v) is 9.67. The number of para-hydroxylation sites is 1. The highest BCUT2D eigenvalue weighted by Gasteiger charge is 2.28. The summed E-state index contributed by atoms with van der Waals surface area (Å²) in [6.07, 6.45) is 3.98. The zero-order valence-corrected chi connectivity index (χ0v) is 20.0. The van der Waals surface area contributed by atoms with Gasteiger partial charge in [0, 0.05) is 39.9 Å². The van der Waals surface area contributed by atoms with E-state index in [1.807, 2.05) is 73.8 Å². The van der Waals surface area contributed by atoms with Crippen molar-refractivity contribution >= 4 is 51.9 Å². The number of carbonyl (C=O) groups is 1. The van der Waals surface area contributed by atoms with Gasteiger partial charge in [0.25, 0.3) is 5.91 Å². The van der Waals surface area contributed by atoms with Crippen LogP contribution in [0.5, 0.6) is 0 Å². The second-order valence-electron chi connectivity index (χ2n) is 8.08. The minimum Gasteiger partial charge on any atom is -0.356 e. The summed E-state index contributed by atoms with van der Waals surface area (Å²) in [6.45, 7) is 2.57. The molecule has 1 atom stereocenters. The average molecular weight is 485 g/mol. The van der Waals surface area contributed by atoms with Gasteiger partial charge in [-0.1, -0.05) is 65.8 Å². The fraction of sp³-hybridized carbons (Fsp3) is 0.111. The molecule has 1 saturated heterocycles. The van der Waals surface area contributed by atoms with Gasteiger partial charge in [-0.15, -0.1) is 0 Å². The largest absolute Gasteiger partial charge is 0.356 e. The van der Waals surface area contributed by atoms with Crippen molar-refractivity contribution in [2.75, 3.05) is 5.32 Å². The van der Waals surface area contributed by atoms with E-state index in [0.29, 0.717) is 22.0 Å². The van der Waals surface area contributed by atoms with Crippen molar-refractivity contribution < 1.29 is 4.79 Å². The topological polar surface area (TPSA) is 69.8 Å². The molecule has 1 aliphatic rings. The lowest BCUT2D eigenvalue weighted by molar-refractivity contribution is -0.116. The average Bonchev–Trinajstić information content (AvgIpc) is 3.36. The summed E-state index contributed by atoms with van der Waals surface area (Å²) in [5.41, 5.74) is 5.29. The van der Waals surface area contributed by atoms with Gasteiger partial charge in [-0.25, -0.2) is 0 Å². The van der Waals surface area contributed by atoms with Crippen LogP contribution in [0, 0.1) is 18.3 Å². The number of carbonyl (C=O) groups excluding carboxylic acids is 1. The standard InChI is InChI=1S/C27H21ClN4OS/c1-17-10-11-21(28)13-23(17)30-27-31-26(33)25(34-27)12-20-16-32(24-9-5-4-8-22(20)24)15-19-7-3-2-6-18(19)14-29/h2-13,16,27,30H,15H2,1H3,(H,31,33)/b25-12-. The Balaban J connectivity index is 1.44. The van der Waals surface area contributed by atoms with Crippen molar-refractivity contribution in [3.63, 3.8) is 0 Å². The zero-order valence-electron chi connectivity index (χ0n) is 18.4. The van der Waals surface area contributed by atoms with Gasteiger partial charge in [0.1, 0.15) is 0 Å². The van der Waals surface area contributed by atoms with Crippen LogP contribution in [-0.4, -0.2) is 16.0 Å². The third-order valence-electron chi connectivity index (χ3n) is 5.80. The van der Waals surface area contributed by atoms with Crippen molar-refractivity contribution in [3.05, 3.63) is 105 Å². The molecule has 4 aromatic rings. The molecule has 2 N–H and O–H groups in total. The highest BCUT2D eigenvalue weighted by atomic mass is 35.5. The van der Waals surface area contributed by atoms with E-state index in [1.165, 1.54) is 11.8 Å². The number of nitriles is 1. The number of anilines is 1. The Kier molecular flexibility index (Phi) is 6.06. The molecule has 0 aliphatic carbocycles. The number of hydrogen-bond donors (Lipinski definition) is 2. The van der Waals surface area contributed by atoms with Gasteiger partial charge in [0.05, 0.1) is 16.5 Å². The lowest BCUT2D eigenvalue weighted by atomic mass is 10.1. The van der Waals surface area contributed by atoms with Crippen molar-refractivity contribution in [1.29, 1.82) is 5.26 Å². The van der Waals surface area contributed by atoms with Crippen LogP contribution in [0.1, 0.15) is 22.3 Å². The molecule has 5 rings (SSSR count). The minimum atomic E-state index is -0.285. The maximum absolute atomic E-state index is 12.7. The predicted octanol–water partition coefficient (Wildman–Crippen LogP) is 6.12. The molecule has 34 heavy (non-hydrogen) atoms. The lowest BCUT2D eigenvalue weighted by Gasteiger charge is -2.15. The monoisotopic (exact) mass is 484 g/mol. The summed E-state index contributed by atoms with van der Waals surface area (Å²) >= 11 is 7.58. The van der Waals surface area contributed by atoms with Crippen LogP contribution in [0.2, 0.25) is 5.02 Å². The maximum Gasteiger partial charge on any atom is 0.260 e. The maximum atomic E-state index is 12.7. The van der Waals surface area contributed by atoms with Gasteiger partial charge in [0.2, 0.25) is 0 Å². The first-order valence-electron chi connectivity index (χ1n) is 10.8. The minimum absolute atomic E-state index is 0.117. The van der Waals surface area contributed by atoms with Crippen molar-refractivity contribution in [1.82, 2.24) is 9.88 Å². The molecule has 1 amide bonds. The van der Waals surface area contributed by atoms with Gasteiger partial charge in [-0.2, -0.15) is 5.26 Å². The number of hydrogen-bond acceptors (Lipinski definition) is 4. The van der Waals surface area contributed by atoms with E-state index in [9.17, 15) is 10.1 Å². The number of thioether (sulfide) groups is 1. The fourth-order valence-corrected chi connectivity index (χ4v) is 5.21. The van der Waals surface area contributed by atoms with Crippen LogP contribution < -0.4 is 10.6 Å². The second kappa shape index (κ2) is 9.30. The molecular weight excluding hydrogens is 464 g/mol. The van der Waals surface area contributed by atoms with Crippen molar-refractivity contribution in [3.8, 4) is 6.07 Å². The number of benzene rings is 3. The smallest absolute Gasteiger partial charge is 0.260 e. The Hall–Kier alpha value is -3.66.